The van der Waals surface area contributed by atoms with Crippen LogP contribution in [0.1, 0.15) is 5.56 Å². The molecule has 0 spiro atoms. The second-order valence-electron chi connectivity index (χ2n) is 5.06. The fourth-order valence-corrected chi connectivity index (χ4v) is 2.24. The number of fused-ring (bicyclic) bond motifs is 1. The highest BCUT2D eigenvalue weighted by atomic mass is 19.2. The summed E-state index contributed by atoms with van der Waals surface area (Å²) in [7, 11) is 1.40. The van der Waals surface area contributed by atoms with Crippen molar-refractivity contribution in [3.8, 4) is 17.2 Å². The van der Waals surface area contributed by atoms with Crippen molar-refractivity contribution in [1.29, 1.82) is 0 Å². The molecule has 0 amide bonds. The molecule has 2 aromatic carbocycles. The van der Waals surface area contributed by atoms with Gasteiger partial charge in [-0.1, -0.05) is 0 Å². The molecule has 5 nitrogen and oxygen atoms in total. The Balaban J connectivity index is 1.88. The minimum Gasteiger partial charge on any atom is -0.493 e. The van der Waals surface area contributed by atoms with Gasteiger partial charge < -0.3 is 14.2 Å². The minimum absolute atomic E-state index is 0.319. The average Bonchev–Trinajstić information content (AvgIpc) is 2.66. The molecule has 0 aromatic heterocycles. The van der Waals surface area contributed by atoms with E-state index in [4.69, 9.17) is 14.2 Å². The van der Waals surface area contributed by atoms with Crippen LogP contribution < -0.4 is 19.6 Å². The SMILES string of the molecule is COc1cc(/C=N\Nc2c(F)c(F)c(F)c(F)c2F)cc2c1OCCO2. The second-order valence-corrected chi connectivity index (χ2v) is 5.06. The van der Waals surface area contributed by atoms with Crippen LogP contribution in [0.5, 0.6) is 17.2 Å². The highest BCUT2D eigenvalue weighted by molar-refractivity contribution is 5.83. The second kappa shape index (κ2) is 7.06. The summed E-state index contributed by atoms with van der Waals surface area (Å²) in [5, 5.41) is 3.51. The molecule has 0 saturated carbocycles. The number of rotatable bonds is 4. The zero-order valence-corrected chi connectivity index (χ0v) is 13.2. The van der Waals surface area contributed by atoms with Crippen LogP contribution in [0.2, 0.25) is 0 Å². The summed E-state index contributed by atoms with van der Waals surface area (Å²) in [6.07, 6.45) is 1.10. The van der Waals surface area contributed by atoms with Gasteiger partial charge in [0.25, 0.3) is 0 Å². The van der Waals surface area contributed by atoms with E-state index in [1.54, 1.807) is 0 Å². The first-order chi connectivity index (χ1) is 12.4. The van der Waals surface area contributed by atoms with Gasteiger partial charge in [-0.3, -0.25) is 5.43 Å². The minimum atomic E-state index is -2.24. The molecule has 3 rings (SSSR count). The zero-order valence-electron chi connectivity index (χ0n) is 13.2. The molecule has 138 valence electrons. The predicted octanol–water partition coefficient (Wildman–Crippen LogP) is 3.61. The summed E-state index contributed by atoms with van der Waals surface area (Å²) in [5.74, 6) is -9.32. The van der Waals surface area contributed by atoms with Crippen LogP contribution in [0.3, 0.4) is 0 Å². The van der Waals surface area contributed by atoms with Crippen LogP contribution in [0.4, 0.5) is 27.6 Å². The molecule has 0 saturated heterocycles. The number of hydrogen-bond acceptors (Lipinski definition) is 5. The summed E-state index contributed by atoms with van der Waals surface area (Å²) < 4.78 is 82.4. The van der Waals surface area contributed by atoms with Crippen molar-refractivity contribution in [3.05, 3.63) is 46.8 Å². The Bertz CT molecular complexity index is 843. The maximum Gasteiger partial charge on any atom is 0.203 e. The standard InChI is InChI=1S/C16H11F5N2O3/c1-24-8-4-7(5-9-16(8)26-3-2-25-9)6-22-23-15-13(20)11(18)10(17)12(19)14(15)21/h4-6,23H,2-3H2,1H3/b22-6-. The van der Waals surface area contributed by atoms with Gasteiger partial charge >= 0.3 is 0 Å². The number of nitrogens with zero attached hydrogens (tertiary/aromatic N) is 1. The molecule has 10 heteroatoms. The molecule has 0 bridgehead atoms. The Hall–Kier alpha value is -3.04. The quantitative estimate of drug-likeness (QED) is 0.292. The number of ether oxygens (including phenoxy) is 3. The van der Waals surface area contributed by atoms with Gasteiger partial charge in [0.1, 0.15) is 18.9 Å². The number of benzene rings is 2. The van der Waals surface area contributed by atoms with Crippen molar-refractivity contribution in [2.45, 2.75) is 0 Å². The molecule has 0 unspecified atom stereocenters. The van der Waals surface area contributed by atoms with Gasteiger partial charge in [0.2, 0.25) is 11.6 Å². The monoisotopic (exact) mass is 374 g/mol. The van der Waals surface area contributed by atoms with E-state index in [-0.39, 0.29) is 0 Å². The first-order valence-corrected chi connectivity index (χ1v) is 7.22. The number of halogens is 5. The van der Waals surface area contributed by atoms with Crippen LogP contribution >= 0.6 is 0 Å². The van der Waals surface area contributed by atoms with Crippen LogP contribution in [0.15, 0.2) is 17.2 Å². The van der Waals surface area contributed by atoms with E-state index < -0.39 is 34.8 Å². The molecule has 1 N–H and O–H groups in total. The Labute approximate surface area is 144 Å². The number of hydrogen-bond donors (Lipinski definition) is 1. The zero-order chi connectivity index (χ0) is 18.8. The fourth-order valence-electron chi connectivity index (χ4n) is 2.24. The number of anilines is 1. The number of nitrogens with one attached hydrogen (secondary N) is 1. The van der Waals surface area contributed by atoms with Crippen molar-refractivity contribution in [2.24, 2.45) is 5.10 Å². The van der Waals surface area contributed by atoms with Gasteiger partial charge in [-0.05, 0) is 12.1 Å². The lowest BCUT2D eigenvalue weighted by Crippen LogP contribution is -2.16. The van der Waals surface area contributed by atoms with E-state index in [9.17, 15) is 22.0 Å². The Morgan fingerprint density at radius 3 is 2.23 bits per heavy atom. The molecule has 1 heterocycles. The average molecular weight is 374 g/mol. The first kappa shape index (κ1) is 17.8. The Kier molecular flexibility index (Phi) is 4.83. The third kappa shape index (κ3) is 3.09. The molecule has 0 aliphatic carbocycles. The lowest BCUT2D eigenvalue weighted by Gasteiger charge is -2.20. The number of hydrazone groups is 1. The van der Waals surface area contributed by atoms with Crippen LogP contribution in [0.25, 0.3) is 0 Å². The molecule has 0 radical (unpaired) electrons. The normalized spacial score (nSPS) is 13.2. The van der Waals surface area contributed by atoms with Gasteiger partial charge in [0, 0.05) is 5.56 Å². The fraction of sp³-hybridized carbons (Fsp3) is 0.188. The van der Waals surface area contributed by atoms with Crippen molar-refractivity contribution >= 4 is 11.9 Å². The molecule has 0 atom stereocenters. The van der Waals surface area contributed by atoms with Crippen molar-refractivity contribution in [3.63, 3.8) is 0 Å². The molecule has 2 aromatic rings. The van der Waals surface area contributed by atoms with E-state index in [0.29, 0.717) is 36.0 Å². The first-order valence-electron chi connectivity index (χ1n) is 7.22. The maximum absolute atomic E-state index is 13.6. The molecule has 1 aliphatic rings. The van der Waals surface area contributed by atoms with Gasteiger partial charge in [-0.2, -0.15) is 5.10 Å². The van der Waals surface area contributed by atoms with E-state index >= 15 is 0 Å². The molecule has 0 fully saturated rings. The van der Waals surface area contributed by atoms with Gasteiger partial charge in [0.15, 0.2) is 34.8 Å². The molecule has 26 heavy (non-hydrogen) atoms. The van der Waals surface area contributed by atoms with Crippen molar-refractivity contribution in [1.82, 2.24) is 0 Å². The van der Waals surface area contributed by atoms with E-state index in [2.05, 4.69) is 5.10 Å². The largest absolute Gasteiger partial charge is 0.493 e. The molecule has 1 aliphatic heterocycles. The lowest BCUT2D eigenvalue weighted by molar-refractivity contribution is 0.165. The highest BCUT2D eigenvalue weighted by Gasteiger charge is 2.25. The summed E-state index contributed by atoms with van der Waals surface area (Å²) in [5.41, 5.74) is 0.931. The summed E-state index contributed by atoms with van der Waals surface area (Å²) in [6, 6.07) is 3.01. The smallest absolute Gasteiger partial charge is 0.203 e. The van der Waals surface area contributed by atoms with E-state index in [1.165, 1.54) is 19.2 Å². The highest BCUT2D eigenvalue weighted by Crippen LogP contribution is 2.40. The Morgan fingerprint density at radius 2 is 1.58 bits per heavy atom. The molecular formula is C16H11F5N2O3. The molecular weight excluding hydrogens is 363 g/mol. The van der Waals surface area contributed by atoms with E-state index in [1.807, 2.05) is 5.43 Å². The van der Waals surface area contributed by atoms with Crippen LogP contribution in [-0.2, 0) is 0 Å². The van der Waals surface area contributed by atoms with E-state index in [0.717, 1.165) is 6.21 Å². The Morgan fingerprint density at radius 1 is 0.962 bits per heavy atom. The topological polar surface area (TPSA) is 52.1 Å². The maximum atomic E-state index is 13.6. The lowest BCUT2D eigenvalue weighted by atomic mass is 10.2. The van der Waals surface area contributed by atoms with Crippen molar-refractivity contribution in [2.75, 3.05) is 25.7 Å². The summed E-state index contributed by atoms with van der Waals surface area (Å²) >= 11 is 0. The van der Waals surface area contributed by atoms with Crippen LogP contribution in [0, 0.1) is 29.1 Å². The van der Waals surface area contributed by atoms with Crippen molar-refractivity contribution < 1.29 is 36.2 Å². The summed E-state index contributed by atoms with van der Waals surface area (Å²) in [6.45, 7) is 0.665. The summed E-state index contributed by atoms with van der Waals surface area (Å²) in [4.78, 5) is 0. The number of methoxy groups -OCH3 is 1. The van der Waals surface area contributed by atoms with Gasteiger partial charge in [-0.25, -0.2) is 22.0 Å². The third-order valence-corrected chi connectivity index (χ3v) is 3.45. The van der Waals surface area contributed by atoms with Gasteiger partial charge in [0.05, 0.1) is 13.3 Å². The van der Waals surface area contributed by atoms with Gasteiger partial charge in [-0.15, -0.1) is 0 Å². The predicted molar refractivity (Wildman–Crippen MR) is 81.4 cm³/mol. The third-order valence-electron chi connectivity index (χ3n) is 3.45. The van der Waals surface area contributed by atoms with Crippen LogP contribution in [-0.4, -0.2) is 26.5 Å².